The Labute approximate surface area is 171 Å². The van der Waals surface area contributed by atoms with Gasteiger partial charge in [-0.15, -0.1) is 0 Å². The van der Waals surface area contributed by atoms with E-state index in [0.29, 0.717) is 24.0 Å². The first-order chi connectivity index (χ1) is 14.0. The number of carbonyl (C=O) groups excluding carboxylic acids is 1. The van der Waals surface area contributed by atoms with Crippen LogP contribution in [-0.2, 0) is 6.42 Å². The van der Waals surface area contributed by atoms with E-state index in [1.165, 1.54) is 11.9 Å². The first kappa shape index (κ1) is 20.3. The summed E-state index contributed by atoms with van der Waals surface area (Å²) in [5.74, 6) is 1.64. The van der Waals surface area contributed by atoms with Crippen LogP contribution in [0.2, 0.25) is 0 Å². The summed E-state index contributed by atoms with van der Waals surface area (Å²) in [6.07, 6.45) is 2.20. The zero-order valence-corrected chi connectivity index (χ0v) is 17.0. The molecule has 6 nitrogen and oxygen atoms in total. The predicted octanol–water partition coefficient (Wildman–Crippen LogP) is 4.52. The molecule has 0 bridgehead atoms. The molecule has 2 aromatic carbocycles. The number of amides is 1. The minimum Gasteiger partial charge on any atom is -0.497 e. The lowest BCUT2D eigenvalue weighted by Crippen LogP contribution is -2.15. The van der Waals surface area contributed by atoms with E-state index in [1.54, 1.807) is 13.2 Å². The normalized spacial score (nSPS) is 10.6. The Balaban J connectivity index is 1.57. The Kier molecular flexibility index (Phi) is 6.79. The van der Waals surface area contributed by atoms with E-state index in [4.69, 9.17) is 4.74 Å². The number of methoxy groups -OCH3 is 1. The number of aromatic nitrogens is 2. The lowest BCUT2D eigenvalue weighted by atomic mass is 10.0. The van der Waals surface area contributed by atoms with Gasteiger partial charge in [0.15, 0.2) is 0 Å². The Bertz CT molecular complexity index is 955. The molecule has 1 heterocycles. The van der Waals surface area contributed by atoms with Gasteiger partial charge in [-0.25, -0.2) is 9.97 Å². The van der Waals surface area contributed by atoms with Crippen molar-refractivity contribution in [3.8, 4) is 5.75 Å². The molecule has 29 heavy (non-hydrogen) atoms. The highest BCUT2D eigenvalue weighted by Crippen LogP contribution is 2.18. The monoisotopic (exact) mass is 390 g/mol. The summed E-state index contributed by atoms with van der Waals surface area (Å²) in [6, 6.07) is 17.4. The van der Waals surface area contributed by atoms with Gasteiger partial charge in [-0.1, -0.05) is 38.1 Å². The van der Waals surface area contributed by atoms with Gasteiger partial charge in [0, 0.05) is 18.3 Å². The second-order valence-electron chi connectivity index (χ2n) is 7.05. The summed E-state index contributed by atoms with van der Waals surface area (Å²) in [5.41, 5.74) is 3.45. The molecule has 3 rings (SSSR count). The first-order valence-corrected chi connectivity index (χ1v) is 9.65. The average molecular weight is 390 g/mol. The molecule has 3 aromatic rings. The fourth-order valence-corrected chi connectivity index (χ4v) is 2.89. The van der Waals surface area contributed by atoms with Crippen molar-refractivity contribution in [2.75, 3.05) is 24.3 Å². The van der Waals surface area contributed by atoms with Crippen LogP contribution in [0.25, 0.3) is 0 Å². The Morgan fingerprint density at radius 1 is 1.07 bits per heavy atom. The van der Waals surface area contributed by atoms with Crippen molar-refractivity contribution in [3.63, 3.8) is 0 Å². The van der Waals surface area contributed by atoms with Gasteiger partial charge in [0.2, 0.25) is 0 Å². The van der Waals surface area contributed by atoms with E-state index < -0.39 is 0 Å². The van der Waals surface area contributed by atoms with Crippen LogP contribution in [0.15, 0.2) is 60.9 Å². The minimum absolute atomic E-state index is 0.263. The number of benzene rings is 2. The molecule has 0 saturated carbocycles. The number of anilines is 2. The zero-order valence-electron chi connectivity index (χ0n) is 17.0. The lowest BCUT2D eigenvalue weighted by Gasteiger charge is -2.09. The molecular formula is C23H26N4O2. The van der Waals surface area contributed by atoms with Crippen molar-refractivity contribution in [1.29, 1.82) is 0 Å². The number of hydrogen-bond acceptors (Lipinski definition) is 5. The van der Waals surface area contributed by atoms with E-state index in [-0.39, 0.29) is 5.91 Å². The van der Waals surface area contributed by atoms with Gasteiger partial charge < -0.3 is 15.4 Å². The van der Waals surface area contributed by atoms with Crippen LogP contribution in [-0.4, -0.2) is 29.5 Å². The number of nitrogens with one attached hydrogen (secondary N) is 2. The highest BCUT2D eigenvalue weighted by Gasteiger charge is 2.10. The summed E-state index contributed by atoms with van der Waals surface area (Å²) in [4.78, 5) is 20.8. The maximum atomic E-state index is 12.5. The maximum Gasteiger partial charge on any atom is 0.274 e. The van der Waals surface area contributed by atoms with E-state index in [2.05, 4.69) is 34.4 Å². The third kappa shape index (κ3) is 5.78. The molecule has 0 aliphatic carbocycles. The van der Waals surface area contributed by atoms with Crippen LogP contribution in [0.1, 0.15) is 41.4 Å². The number of carbonyl (C=O) groups is 1. The van der Waals surface area contributed by atoms with E-state index in [1.807, 2.05) is 48.5 Å². The maximum absolute atomic E-state index is 12.5. The molecule has 1 aromatic heterocycles. The molecule has 0 spiro atoms. The highest BCUT2D eigenvalue weighted by atomic mass is 16.5. The molecule has 2 N–H and O–H groups in total. The fraction of sp³-hybridized carbons (Fsp3) is 0.261. The van der Waals surface area contributed by atoms with Crippen LogP contribution >= 0.6 is 0 Å². The van der Waals surface area contributed by atoms with Crippen molar-refractivity contribution >= 4 is 17.4 Å². The average Bonchev–Trinajstić information content (AvgIpc) is 2.74. The number of hydrogen-bond donors (Lipinski definition) is 2. The molecule has 150 valence electrons. The molecule has 0 aliphatic heterocycles. The Morgan fingerprint density at radius 3 is 2.59 bits per heavy atom. The van der Waals surface area contributed by atoms with E-state index >= 15 is 0 Å². The molecule has 0 saturated heterocycles. The van der Waals surface area contributed by atoms with Crippen molar-refractivity contribution in [2.45, 2.75) is 26.2 Å². The molecule has 0 aliphatic rings. The topological polar surface area (TPSA) is 76.1 Å². The summed E-state index contributed by atoms with van der Waals surface area (Å²) in [7, 11) is 1.66. The summed E-state index contributed by atoms with van der Waals surface area (Å²) in [5, 5.41) is 6.11. The number of rotatable bonds is 8. The quantitative estimate of drug-likeness (QED) is 0.592. The third-order valence-corrected chi connectivity index (χ3v) is 4.59. The molecule has 0 unspecified atom stereocenters. The van der Waals surface area contributed by atoms with Gasteiger partial charge in [-0.3, -0.25) is 4.79 Å². The smallest absolute Gasteiger partial charge is 0.274 e. The van der Waals surface area contributed by atoms with E-state index in [0.717, 1.165) is 23.4 Å². The molecule has 6 heteroatoms. The van der Waals surface area contributed by atoms with Crippen LogP contribution < -0.4 is 15.4 Å². The zero-order chi connectivity index (χ0) is 20.6. The fourth-order valence-electron chi connectivity index (χ4n) is 2.89. The second kappa shape index (κ2) is 9.68. The van der Waals surface area contributed by atoms with Gasteiger partial charge in [0.1, 0.15) is 23.6 Å². The number of ether oxygens (including phenoxy) is 1. The Hall–Kier alpha value is -3.41. The molecule has 0 radical (unpaired) electrons. The molecule has 0 atom stereocenters. The van der Waals surface area contributed by atoms with Gasteiger partial charge >= 0.3 is 0 Å². The van der Waals surface area contributed by atoms with Gasteiger partial charge in [-0.05, 0) is 47.7 Å². The predicted molar refractivity (Wildman–Crippen MR) is 116 cm³/mol. The number of nitrogens with zero attached hydrogens (tertiary/aromatic N) is 2. The molecular weight excluding hydrogens is 364 g/mol. The van der Waals surface area contributed by atoms with Crippen molar-refractivity contribution in [3.05, 3.63) is 77.7 Å². The SMILES string of the molecule is COc1cccc(CCNc2cc(C(=O)Nc3ccc(C(C)C)cc3)ncn2)c1. The van der Waals surface area contributed by atoms with Crippen LogP contribution in [0.5, 0.6) is 5.75 Å². The van der Waals surface area contributed by atoms with Crippen LogP contribution in [0.4, 0.5) is 11.5 Å². The van der Waals surface area contributed by atoms with Crippen LogP contribution in [0.3, 0.4) is 0 Å². The summed E-state index contributed by atoms with van der Waals surface area (Å²) < 4.78 is 5.24. The lowest BCUT2D eigenvalue weighted by molar-refractivity contribution is 0.102. The van der Waals surface area contributed by atoms with Crippen molar-refractivity contribution < 1.29 is 9.53 Å². The van der Waals surface area contributed by atoms with Crippen molar-refractivity contribution in [2.24, 2.45) is 0 Å². The van der Waals surface area contributed by atoms with Gasteiger partial charge in [-0.2, -0.15) is 0 Å². The van der Waals surface area contributed by atoms with Gasteiger partial charge in [0.05, 0.1) is 7.11 Å². The second-order valence-corrected chi connectivity index (χ2v) is 7.05. The highest BCUT2D eigenvalue weighted by molar-refractivity contribution is 6.03. The minimum atomic E-state index is -0.263. The first-order valence-electron chi connectivity index (χ1n) is 9.65. The standard InChI is InChI=1S/C23H26N4O2/c1-16(2)18-7-9-19(10-8-18)27-23(28)21-14-22(26-15-25-21)24-12-11-17-5-4-6-20(13-17)29-3/h4-10,13-16H,11-12H2,1-3H3,(H,27,28)(H,24,25,26). The third-order valence-electron chi connectivity index (χ3n) is 4.59. The van der Waals surface area contributed by atoms with Crippen molar-refractivity contribution in [1.82, 2.24) is 9.97 Å². The van der Waals surface area contributed by atoms with Gasteiger partial charge in [0.25, 0.3) is 5.91 Å². The van der Waals surface area contributed by atoms with Crippen LogP contribution in [0, 0.1) is 0 Å². The largest absolute Gasteiger partial charge is 0.497 e. The summed E-state index contributed by atoms with van der Waals surface area (Å²) >= 11 is 0. The summed E-state index contributed by atoms with van der Waals surface area (Å²) in [6.45, 7) is 4.95. The Morgan fingerprint density at radius 2 is 1.86 bits per heavy atom. The van der Waals surface area contributed by atoms with E-state index in [9.17, 15) is 4.79 Å². The molecule has 1 amide bonds. The molecule has 0 fully saturated rings.